The Labute approximate surface area is 109 Å². The molecule has 0 heterocycles. The molecule has 0 fully saturated rings. The Hall–Kier alpha value is -0.660. The third-order valence-electron chi connectivity index (χ3n) is 2.17. The molecule has 0 amide bonds. The highest BCUT2D eigenvalue weighted by Crippen LogP contribution is 2.04. The quantitative estimate of drug-likeness (QED) is 0.434. The number of nitrogens with zero attached hydrogens (tertiary/aromatic N) is 1. The average Bonchev–Trinajstić information content (AvgIpc) is 2.29. The van der Waals surface area contributed by atoms with Crippen molar-refractivity contribution in [1.82, 2.24) is 4.31 Å². The molecule has 6 nitrogen and oxygen atoms in total. The van der Waals surface area contributed by atoms with Gasteiger partial charge in [0.15, 0.2) is 0 Å². The van der Waals surface area contributed by atoms with Crippen molar-refractivity contribution in [1.29, 1.82) is 0 Å². The number of rotatable bonds is 10. The van der Waals surface area contributed by atoms with Crippen LogP contribution in [0.3, 0.4) is 0 Å². The van der Waals surface area contributed by atoms with Crippen LogP contribution in [0.2, 0.25) is 0 Å². The molecule has 0 saturated carbocycles. The van der Waals surface area contributed by atoms with Gasteiger partial charge < -0.3 is 9.47 Å². The zero-order valence-corrected chi connectivity index (χ0v) is 12.2. The second-order valence-corrected chi connectivity index (χ2v) is 5.74. The first-order valence-corrected chi connectivity index (χ1v) is 7.80. The predicted molar refractivity (Wildman–Crippen MR) is 68.8 cm³/mol. The highest BCUT2D eigenvalue weighted by atomic mass is 32.2. The number of esters is 1. The first-order chi connectivity index (χ1) is 8.47. The first kappa shape index (κ1) is 17.3. The Morgan fingerprint density at radius 1 is 1.17 bits per heavy atom. The molecular weight excluding hydrogens is 258 g/mol. The minimum Gasteiger partial charge on any atom is -0.465 e. The Balaban J connectivity index is 4.50. The number of carbonyl (C=O) groups excluding carboxylic acids is 1. The molecule has 0 N–H and O–H groups in total. The molecule has 0 unspecified atom stereocenters. The minimum absolute atomic E-state index is 0.111. The lowest BCUT2D eigenvalue weighted by Gasteiger charge is -2.20. The molecule has 0 aliphatic carbocycles. The van der Waals surface area contributed by atoms with E-state index in [0.717, 1.165) is 4.31 Å². The molecular formula is C11H23NO5S. The number of hydrogen-bond donors (Lipinski definition) is 0. The summed E-state index contributed by atoms with van der Waals surface area (Å²) in [7, 11) is -3.46. The van der Waals surface area contributed by atoms with Crippen molar-refractivity contribution < 1.29 is 22.7 Å². The van der Waals surface area contributed by atoms with Gasteiger partial charge in [0.1, 0.15) is 6.54 Å². The number of carbonyl (C=O) groups is 1. The van der Waals surface area contributed by atoms with E-state index in [0.29, 0.717) is 19.6 Å². The highest BCUT2D eigenvalue weighted by molar-refractivity contribution is 7.89. The fourth-order valence-electron chi connectivity index (χ4n) is 1.35. The van der Waals surface area contributed by atoms with Gasteiger partial charge in [-0.05, 0) is 20.3 Å². The number of hydrogen-bond acceptors (Lipinski definition) is 5. The van der Waals surface area contributed by atoms with E-state index in [1.54, 1.807) is 13.8 Å². The van der Waals surface area contributed by atoms with Crippen LogP contribution >= 0.6 is 0 Å². The van der Waals surface area contributed by atoms with Gasteiger partial charge in [-0.1, -0.05) is 6.92 Å². The number of sulfonamides is 1. The SMILES string of the molecule is CCCN(CC(=O)OCC)S(=O)(=O)CCOCC. The van der Waals surface area contributed by atoms with Crippen LogP contribution in [0.25, 0.3) is 0 Å². The van der Waals surface area contributed by atoms with Crippen LogP contribution < -0.4 is 0 Å². The smallest absolute Gasteiger partial charge is 0.321 e. The van der Waals surface area contributed by atoms with Crippen LogP contribution in [0.5, 0.6) is 0 Å². The summed E-state index contributed by atoms with van der Waals surface area (Å²) in [5.74, 6) is -0.633. The van der Waals surface area contributed by atoms with Gasteiger partial charge in [0.25, 0.3) is 0 Å². The second kappa shape index (κ2) is 9.29. The monoisotopic (exact) mass is 281 g/mol. The van der Waals surface area contributed by atoms with Gasteiger partial charge in [-0.2, -0.15) is 4.31 Å². The first-order valence-electron chi connectivity index (χ1n) is 6.19. The van der Waals surface area contributed by atoms with Gasteiger partial charge in [-0.3, -0.25) is 4.79 Å². The van der Waals surface area contributed by atoms with E-state index >= 15 is 0 Å². The van der Waals surface area contributed by atoms with E-state index in [2.05, 4.69) is 0 Å². The molecule has 0 aliphatic rings. The van der Waals surface area contributed by atoms with Crippen LogP contribution in [0.1, 0.15) is 27.2 Å². The Morgan fingerprint density at radius 2 is 1.83 bits per heavy atom. The molecule has 0 radical (unpaired) electrons. The number of ether oxygens (including phenoxy) is 2. The predicted octanol–water partition coefficient (Wildman–Crippen LogP) is 0.628. The zero-order valence-electron chi connectivity index (χ0n) is 11.3. The molecule has 0 saturated heterocycles. The van der Waals surface area contributed by atoms with Crippen molar-refractivity contribution in [2.24, 2.45) is 0 Å². The normalized spacial score (nSPS) is 11.8. The van der Waals surface area contributed by atoms with E-state index in [1.807, 2.05) is 6.92 Å². The Morgan fingerprint density at radius 3 is 2.33 bits per heavy atom. The highest BCUT2D eigenvalue weighted by Gasteiger charge is 2.24. The summed E-state index contributed by atoms with van der Waals surface area (Å²) in [4.78, 5) is 11.3. The molecule has 0 aromatic heterocycles. The lowest BCUT2D eigenvalue weighted by molar-refractivity contribution is -0.143. The van der Waals surface area contributed by atoms with E-state index < -0.39 is 16.0 Å². The summed E-state index contributed by atoms with van der Waals surface area (Å²) in [5, 5.41) is 0. The molecule has 0 rings (SSSR count). The molecule has 0 spiro atoms. The van der Waals surface area contributed by atoms with Crippen LogP contribution in [-0.4, -0.2) is 57.4 Å². The van der Waals surface area contributed by atoms with E-state index in [1.165, 1.54) is 0 Å². The summed E-state index contributed by atoms with van der Waals surface area (Å²) in [5.41, 5.74) is 0. The Kier molecular flexibility index (Phi) is 8.95. The van der Waals surface area contributed by atoms with Crippen LogP contribution in [0.15, 0.2) is 0 Å². The summed E-state index contributed by atoms with van der Waals surface area (Å²) in [6, 6.07) is 0. The van der Waals surface area contributed by atoms with Crippen molar-refractivity contribution in [2.75, 3.05) is 38.7 Å². The lowest BCUT2D eigenvalue weighted by atomic mass is 10.5. The second-order valence-electron chi connectivity index (χ2n) is 3.65. The van der Waals surface area contributed by atoms with Crippen molar-refractivity contribution in [3.63, 3.8) is 0 Å². The van der Waals surface area contributed by atoms with Crippen LogP contribution in [-0.2, 0) is 24.3 Å². The summed E-state index contributed by atoms with van der Waals surface area (Å²) >= 11 is 0. The third-order valence-corrected chi connectivity index (χ3v) is 3.95. The summed E-state index contributed by atoms with van der Waals surface area (Å²) in [6.07, 6.45) is 0.646. The maximum absolute atomic E-state index is 12.0. The van der Waals surface area contributed by atoms with Crippen molar-refractivity contribution in [3.05, 3.63) is 0 Å². The minimum atomic E-state index is -3.46. The molecule has 7 heteroatoms. The fraction of sp³-hybridized carbons (Fsp3) is 0.909. The van der Waals surface area contributed by atoms with Crippen LogP contribution in [0.4, 0.5) is 0 Å². The van der Waals surface area contributed by atoms with Gasteiger partial charge in [-0.25, -0.2) is 8.42 Å². The van der Waals surface area contributed by atoms with Gasteiger partial charge in [0, 0.05) is 13.2 Å². The van der Waals surface area contributed by atoms with E-state index in [9.17, 15) is 13.2 Å². The zero-order chi connectivity index (χ0) is 14.0. The lowest BCUT2D eigenvalue weighted by Crippen LogP contribution is -2.39. The maximum Gasteiger partial charge on any atom is 0.321 e. The molecule has 108 valence electrons. The largest absolute Gasteiger partial charge is 0.465 e. The summed E-state index contributed by atoms with van der Waals surface area (Å²) < 4.78 is 34.9. The average molecular weight is 281 g/mol. The van der Waals surface area contributed by atoms with Gasteiger partial charge in [0.2, 0.25) is 10.0 Å². The molecule has 0 aromatic carbocycles. The molecule has 18 heavy (non-hydrogen) atoms. The van der Waals surface area contributed by atoms with E-state index in [4.69, 9.17) is 9.47 Å². The molecule has 0 atom stereocenters. The summed E-state index contributed by atoms with van der Waals surface area (Å²) in [6.45, 7) is 6.29. The fourth-order valence-corrected chi connectivity index (χ4v) is 2.70. The maximum atomic E-state index is 12.0. The molecule has 0 aliphatic heterocycles. The third kappa shape index (κ3) is 6.93. The van der Waals surface area contributed by atoms with Crippen LogP contribution in [0, 0.1) is 0 Å². The van der Waals surface area contributed by atoms with Gasteiger partial charge in [0.05, 0.1) is 19.0 Å². The standard InChI is InChI=1S/C11H23NO5S/c1-4-7-12(10-11(13)17-6-3)18(14,15)9-8-16-5-2/h4-10H2,1-3H3. The topological polar surface area (TPSA) is 72.9 Å². The molecule has 0 bridgehead atoms. The van der Waals surface area contributed by atoms with Crippen molar-refractivity contribution in [2.45, 2.75) is 27.2 Å². The van der Waals surface area contributed by atoms with E-state index in [-0.39, 0.29) is 25.5 Å². The van der Waals surface area contributed by atoms with Crippen molar-refractivity contribution in [3.8, 4) is 0 Å². The Bertz CT molecular complexity index is 328. The molecule has 0 aromatic rings. The van der Waals surface area contributed by atoms with Crippen molar-refractivity contribution >= 4 is 16.0 Å². The van der Waals surface area contributed by atoms with Gasteiger partial charge in [-0.15, -0.1) is 0 Å². The van der Waals surface area contributed by atoms with Gasteiger partial charge >= 0.3 is 5.97 Å².